The van der Waals surface area contributed by atoms with Crippen LogP contribution in [0, 0.1) is 0 Å². The molecule has 0 N–H and O–H groups in total. The third-order valence-corrected chi connectivity index (χ3v) is 5.88. The summed E-state index contributed by atoms with van der Waals surface area (Å²) in [7, 11) is 3.34. The lowest BCUT2D eigenvalue weighted by atomic mass is 9.89. The van der Waals surface area contributed by atoms with Gasteiger partial charge in [-0.3, -0.25) is 14.9 Å². The van der Waals surface area contributed by atoms with Crippen LogP contribution >= 0.6 is 0 Å². The molecule has 0 bridgehead atoms. The van der Waals surface area contributed by atoms with E-state index in [2.05, 4.69) is 20.9 Å². The minimum atomic E-state index is -0.167. The minimum Gasteiger partial charge on any atom is -0.496 e. The fraction of sp³-hybridized carbons (Fsp3) is 0.320. The average molecular weight is 418 g/mol. The first-order chi connectivity index (χ1) is 15.2. The number of aromatic nitrogens is 2. The highest BCUT2D eigenvalue weighted by Gasteiger charge is 2.34. The SMILES string of the molecule is COc1cccc(OC)c1C1CCCC(C=O)N1Cc1ccnc(-c2ccccn2)c1. The molecule has 0 spiro atoms. The molecule has 31 heavy (non-hydrogen) atoms. The number of benzene rings is 1. The molecule has 1 aliphatic rings. The van der Waals surface area contributed by atoms with Crippen LogP contribution in [-0.4, -0.2) is 41.4 Å². The molecule has 2 unspecified atom stereocenters. The summed E-state index contributed by atoms with van der Waals surface area (Å²) in [6.07, 6.45) is 7.38. The van der Waals surface area contributed by atoms with Gasteiger partial charge in [-0.2, -0.15) is 0 Å². The van der Waals surface area contributed by atoms with E-state index in [9.17, 15) is 4.79 Å². The normalized spacial score (nSPS) is 19.0. The van der Waals surface area contributed by atoms with Gasteiger partial charge in [0.2, 0.25) is 0 Å². The largest absolute Gasteiger partial charge is 0.496 e. The number of nitrogens with zero attached hydrogens (tertiary/aromatic N) is 3. The molecule has 1 saturated heterocycles. The summed E-state index contributed by atoms with van der Waals surface area (Å²) in [4.78, 5) is 23.2. The number of carbonyl (C=O) groups is 1. The Kier molecular flexibility index (Phi) is 6.57. The van der Waals surface area contributed by atoms with Crippen molar-refractivity contribution in [3.8, 4) is 22.9 Å². The molecule has 6 heteroatoms. The zero-order valence-corrected chi connectivity index (χ0v) is 17.9. The van der Waals surface area contributed by atoms with Gasteiger partial charge in [0, 0.05) is 25.0 Å². The van der Waals surface area contributed by atoms with Crippen LogP contribution in [0.5, 0.6) is 11.5 Å². The first kappa shape index (κ1) is 21.0. The summed E-state index contributed by atoms with van der Waals surface area (Å²) < 4.78 is 11.3. The first-order valence-corrected chi connectivity index (χ1v) is 10.5. The summed E-state index contributed by atoms with van der Waals surface area (Å²) >= 11 is 0. The molecular formula is C25H27N3O3. The van der Waals surface area contributed by atoms with Crippen molar-refractivity contribution in [2.24, 2.45) is 0 Å². The average Bonchev–Trinajstić information content (AvgIpc) is 2.84. The molecule has 0 amide bonds. The molecule has 6 nitrogen and oxygen atoms in total. The number of rotatable bonds is 7. The number of methoxy groups -OCH3 is 2. The van der Waals surface area contributed by atoms with E-state index >= 15 is 0 Å². The van der Waals surface area contributed by atoms with Crippen LogP contribution in [0.2, 0.25) is 0 Å². The summed E-state index contributed by atoms with van der Waals surface area (Å²) in [6, 6.07) is 15.5. The lowest BCUT2D eigenvalue weighted by Crippen LogP contribution is -2.42. The van der Waals surface area contributed by atoms with E-state index in [1.807, 2.05) is 42.5 Å². The highest BCUT2D eigenvalue weighted by Crippen LogP contribution is 2.43. The van der Waals surface area contributed by atoms with Gasteiger partial charge in [0.1, 0.15) is 17.8 Å². The summed E-state index contributed by atoms with van der Waals surface area (Å²) in [5, 5.41) is 0. The molecule has 3 aromatic rings. The second kappa shape index (κ2) is 9.71. The molecule has 2 atom stereocenters. The zero-order chi connectivity index (χ0) is 21.6. The Hall–Kier alpha value is -3.25. The third kappa shape index (κ3) is 4.44. The minimum absolute atomic E-state index is 0.0153. The molecular weight excluding hydrogens is 390 g/mol. The van der Waals surface area contributed by atoms with Crippen LogP contribution in [0.3, 0.4) is 0 Å². The topological polar surface area (TPSA) is 64.6 Å². The fourth-order valence-corrected chi connectivity index (χ4v) is 4.41. The van der Waals surface area contributed by atoms with Gasteiger partial charge in [0.25, 0.3) is 0 Å². The molecule has 160 valence electrons. The van der Waals surface area contributed by atoms with E-state index in [-0.39, 0.29) is 12.1 Å². The van der Waals surface area contributed by atoms with Crippen LogP contribution in [0.4, 0.5) is 0 Å². The van der Waals surface area contributed by atoms with Crippen LogP contribution in [0.25, 0.3) is 11.4 Å². The summed E-state index contributed by atoms with van der Waals surface area (Å²) in [6.45, 7) is 0.623. The Balaban J connectivity index is 1.71. The van der Waals surface area contributed by atoms with Gasteiger partial charge in [0.05, 0.1) is 37.2 Å². The van der Waals surface area contributed by atoms with Gasteiger partial charge in [-0.1, -0.05) is 12.1 Å². The number of piperidine rings is 1. The van der Waals surface area contributed by atoms with E-state index in [4.69, 9.17) is 9.47 Å². The van der Waals surface area contributed by atoms with Crippen molar-refractivity contribution in [3.05, 3.63) is 72.1 Å². The van der Waals surface area contributed by atoms with E-state index in [1.54, 1.807) is 26.6 Å². The standard InChI is InChI=1S/C25H27N3O3/c1-30-23-10-6-11-24(31-2)25(23)22-9-5-7-19(17-29)28(22)16-18-12-14-27-21(15-18)20-8-3-4-13-26-20/h3-4,6,8,10-15,17,19,22H,5,7,9,16H2,1-2H3. The van der Waals surface area contributed by atoms with E-state index in [0.29, 0.717) is 6.54 Å². The Morgan fingerprint density at radius 3 is 2.42 bits per heavy atom. The number of ether oxygens (including phenoxy) is 2. The summed E-state index contributed by atoms with van der Waals surface area (Å²) in [5.74, 6) is 1.56. The van der Waals surface area contributed by atoms with Crippen LogP contribution < -0.4 is 9.47 Å². The number of hydrogen-bond donors (Lipinski definition) is 0. The monoisotopic (exact) mass is 417 g/mol. The van der Waals surface area contributed by atoms with E-state index < -0.39 is 0 Å². The van der Waals surface area contributed by atoms with Gasteiger partial charge < -0.3 is 14.3 Å². The van der Waals surface area contributed by atoms with Crippen LogP contribution in [0.1, 0.15) is 36.4 Å². The third-order valence-electron chi connectivity index (χ3n) is 5.88. The smallest absolute Gasteiger partial charge is 0.137 e. The quantitative estimate of drug-likeness (QED) is 0.529. The highest BCUT2D eigenvalue weighted by molar-refractivity contribution is 5.59. The van der Waals surface area contributed by atoms with Crippen molar-refractivity contribution < 1.29 is 14.3 Å². The second-order valence-corrected chi connectivity index (χ2v) is 7.66. The van der Waals surface area contributed by atoms with Crippen molar-refractivity contribution in [2.75, 3.05) is 14.2 Å². The highest BCUT2D eigenvalue weighted by atomic mass is 16.5. The molecule has 1 fully saturated rings. The number of likely N-dealkylation sites (tertiary alicyclic amines) is 1. The Morgan fingerprint density at radius 2 is 1.74 bits per heavy atom. The van der Waals surface area contributed by atoms with Crippen molar-refractivity contribution in [1.29, 1.82) is 0 Å². The second-order valence-electron chi connectivity index (χ2n) is 7.66. The van der Waals surface area contributed by atoms with Crippen LogP contribution in [0.15, 0.2) is 60.9 Å². The van der Waals surface area contributed by atoms with E-state index in [0.717, 1.165) is 59.6 Å². The maximum atomic E-state index is 12.0. The molecule has 1 aromatic carbocycles. The predicted octanol–water partition coefficient (Wildman–Crippen LogP) is 4.46. The molecule has 2 aromatic heterocycles. The Bertz CT molecular complexity index is 1000. The van der Waals surface area contributed by atoms with Gasteiger partial charge in [-0.15, -0.1) is 0 Å². The molecule has 3 heterocycles. The van der Waals surface area contributed by atoms with Crippen molar-refractivity contribution in [1.82, 2.24) is 14.9 Å². The van der Waals surface area contributed by atoms with Crippen molar-refractivity contribution in [3.63, 3.8) is 0 Å². The van der Waals surface area contributed by atoms with Gasteiger partial charge in [-0.25, -0.2) is 0 Å². The lowest BCUT2D eigenvalue weighted by Gasteiger charge is -2.41. The zero-order valence-electron chi connectivity index (χ0n) is 17.9. The lowest BCUT2D eigenvalue weighted by molar-refractivity contribution is -0.115. The number of pyridine rings is 2. The maximum absolute atomic E-state index is 12.0. The van der Waals surface area contributed by atoms with Gasteiger partial charge >= 0.3 is 0 Å². The molecule has 0 saturated carbocycles. The number of carbonyl (C=O) groups excluding carboxylic acids is 1. The maximum Gasteiger partial charge on any atom is 0.137 e. The van der Waals surface area contributed by atoms with Gasteiger partial charge in [-0.05, 0) is 61.2 Å². The van der Waals surface area contributed by atoms with Crippen molar-refractivity contribution in [2.45, 2.75) is 37.9 Å². The first-order valence-electron chi connectivity index (χ1n) is 10.5. The Labute approximate surface area is 182 Å². The molecule has 1 aliphatic heterocycles. The summed E-state index contributed by atoms with van der Waals surface area (Å²) in [5.41, 5.74) is 3.74. The number of hydrogen-bond acceptors (Lipinski definition) is 6. The van der Waals surface area contributed by atoms with Gasteiger partial charge in [0.15, 0.2) is 0 Å². The number of aldehydes is 1. The Morgan fingerprint density at radius 1 is 0.968 bits per heavy atom. The molecule has 0 radical (unpaired) electrons. The van der Waals surface area contributed by atoms with Crippen molar-refractivity contribution >= 4 is 6.29 Å². The van der Waals surface area contributed by atoms with E-state index in [1.165, 1.54) is 0 Å². The molecule has 0 aliphatic carbocycles. The van der Waals surface area contributed by atoms with Crippen LogP contribution in [-0.2, 0) is 11.3 Å². The predicted molar refractivity (Wildman–Crippen MR) is 119 cm³/mol. The molecule has 4 rings (SSSR count). The fourth-order valence-electron chi connectivity index (χ4n) is 4.41.